The molecule has 0 saturated carbocycles. The van der Waals surface area contributed by atoms with Crippen LogP contribution in [0.3, 0.4) is 0 Å². The van der Waals surface area contributed by atoms with Gasteiger partial charge in [-0.1, -0.05) is 16.9 Å². The molecule has 1 fully saturated rings. The third-order valence-corrected chi connectivity index (χ3v) is 3.66. The van der Waals surface area contributed by atoms with Gasteiger partial charge >= 0.3 is 0 Å². The van der Waals surface area contributed by atoms with Crippen molar-refractivity contribution in [2.24, 2.45) is 4.99 Å². The molecule has 1 aliphatic rings. The molecule has 7 heteroatoms. The molecule has 0 bridgehead atoms. The summed E-state index contributed by atoms with van der Waals surface area (Å²) in [6.07, 6.45) is 1.71. The van der Waals surface area contributed by atoms with Gasteiger partial charge in [-0.3, -0.25) is 4.99 Å². The number of aryl methyl sites for hydroxylation is 1. The van der Waals surface area contributed by atoms with Crippen LogP contribution in [0.2, 0.25) is 0 Å². The lowest BCUT2D eigenvalue weighted by atomic mass is 10.2. The molecule has 0 amide bonds. The topological polar surface area (TPSA) is 72.5 Å². The van der Waals surface area contributed by atoms with Crippen LogP contribution in [-0.4, -0.2) is 47.4 Å². The number of aromatic nitrogens is 2. The number of hydrogen-bond acceptors (Lipinski definition) is 6. The first-order valence-electron chi connectivity index (χ1n) is 6.00. The molecule has 1 N–H and O–H groups in total. The van der Waals surface area contributed by atoms with Gasteiger partial charge in [0.25, 0.3) is 0 Å². The predicted molar refractivity (Wildman–Crippen MR) is 70.9 cm³/mol. The zero-order valence-corrected chi connectivity index (χ0v) is 11.5. The standard InChI is InChI=1S/C11H18N4O2S/c1-8-13-10(17-15-8)3-5-12-11-14-9(7-18-11)4-6-16-2/h9H,3-7H2,1-2H3,(H,12,14). The maximum atomic E-state index is 5.06. The Morgan fingerprint density at radius 2 is 2.50 bits per heavy atom. The van der Waals surface area contributed by atoms with E-state index >= 15 is 0 Å². The molecule has 18 heavy (non-hydrogen) atoms. The van der Waals surface area contributed by atoms with Crippen LogP contribution >= 0.6 is 11.8 Å². The van der Waals surface area contributed by atoms with Crippen molar-refractivity contribution in [3.8, 4) is 0 Å². The van der Waals surface area contributed by atoms with E-state index in [-0.39, 0.29) is 0 Å². The van der Waals surface area contributed by atoms with Crippen LogP contribution < -0.4 is 5.32 Å². The Balaban J connectivity index is 1.71. The summed E-state index contributed by atoms with van der Waals surface area (Å²) < 4.78 is 10.1. The maximum Gasteiger partial charge on any atom is 0.228 e. The van der Waals surface area contributed by atoms with Crippen LogP contribution in [0.25, 0.3) is 0 Å². The number of amidine groups is 1. The molecule has 1 aromatic heterocycles. The fourth-order valence-electron chi connectivity index (χ4n) is 1.64. The predicted octanol–water partition coefficient (Wildman–Crippen LogP) is 1.02. The quantitative estimate of drug-likeness (QED) is 0.832. The van der Waals surface area contributed by atoms with Gasteiger partial charge in [-0.2, -0.15) is 4.98 Å². The van der Waals surface area contributed by atoms with Crippen LogP contribution in [0.5, 0.6) is 0 Å². The Kier molecular flexibility index (Phi) is 5.00. The van der Waals surface area contributed by atoms with E-state index in [1.807, 2.05) is 6.92 Å². The van der Waals surface area contributed by atoms with Crippen LogP contribution in [0, 0.1) is 6.92 Å². The summed E-state index contributed by atoms with van der Waals surface area (Å²) in [7, 11) is 1.73. The average Bonchev–Trinajstić information content (AvgIpc) is 2.96. The van der Waals surface area contributed by atoms with E-state index in [0.717, 1.165) is 23.9 Å². The zero-order valence-electron chi connectivity index (χ0n) is 10.7. The van der Waals surface area contributed by atoms with Gasteiger partial charge in [0.15, 0.2) is 11.0 Å². The summed E-state index contributed by atoms with van der Waals surface area (Å²) in [5, 5.41) is 8.13. The van der Waals surface area contributed by atoms with E-state index in [2.05, 4.69) is 20.4 Å². The molecule has 1 atom stereocenters. The number of hydrogen-bond donors (Lipinski definition) is 1. The minimum atomic E-state index is 0.472. The molecule has 1 aromatic rings. The highest BCUT2D eigenvalue weighted by Gasteiger charge is 2.19. The highest BCUT2D eigenvalue weighted by molar-refractivity contribution is 8.14. The molecular formula is C11H18N4O2S. The zero-order chi connectivity index (χ0) is 12.8. The average molecular weight is 270 g/mol. The second-order valence-electron chi connectivity index (χ2n) is 4.11. The second-order valence-corrected chi connectivity index (χ2v) is 5.11. The van der Waals surface area contributed by atoms with Gasteiger partial charge in [-0.25, -0.2) is 0 Å². The first-order chi connectivity index (χ1) is 8.78. The van der Waals surface area contributed by atoms with E-state index in [1.54, 1.807) is 18.9 Å². The fourth-order valence-corrected chi connectivity index (χ4v) is 2.68. The highest BCUT2D eigenvalue weighted by Crippen LogP contribution is 2.16. The van der Waals surface area contributed by atoms with Crippen molar-refractivity contribution in [2.45, 2.75) is 25.8 Å². The molecule has 1 saturated heterocycles. The van der Waals surface area contributed by atoms with Crippen molar-refractivity contribution < 1.29 is 9.26 Å². The van der Waals surface area contributed by atoms with Gasteiger partial charge in [0.05, 0.1) is 6.54 Å². The van der Waals surface area contributed by atoms with Crippen LogP contribution in [-0.2, 0) is 11.2 Å². The summed E-state index contributed by atoms with van der Waals surface area (Å²) in [5.74, 6) is 2.38. The summed E-state index contributed by atoms with van der Waals surface area (Å²) in [6, 6.07) is 0.472. The first-order valence-corrected chi connectivity index (χ1v) is 6.98. The molecule has 0 aromatic carbocycles. The van der Waals surface area contributed by atoms with Gasteiger partial charge < -0.3 is 14.6 Å². The van der Waals surface area contributed by atoms with E-state index in [4.69, 9.17) is 9.26 Å². The molecular weight excluding hydrogens is 252 g/mol. The summed E-state index contributed by atoms with van der Waals surface area (Å²) in [6.45, 7) is 3.27. The molecule has 2 rings (SSSR count). The Hall–Kier alpha value is -1.08. The number of nitrogens with one attached hydrogen (secondary N) is 1. The van der Waals surface area contributed by atoms with Crippen molar-refractivity contribution in [3.05, 3.63) is 11.7 Å². The van der Waals surface area contributed by atoms with Gasteiger partial charge in [0, 0.05) is 31.9 Å². The Bertz CT molecular complexity index is 408. The van der Waals surface area contributed by atoms with E-state index < -0.39 is 0 Å². The van der Waals surface area contributed by atoms with Gasteiger partial charge in [0.1, 0.15) is 0 Å². The van der Waals surface area contributed by atoms with Crippen molar-refractivity contribution >= 4 is 16.9 Å². The van der Waals surface area contributed by atoms with Crippen molar-refractivity contribution in [1.29, 1.82) is 0 Å². The van der Waals surface area contributed by atoms with Crippen molar-refractivity contribution in [3.63, 3.8) is 0 Å². The Morgan fingerprint density at radius 1 is 1.61 bits per heavy atom. The second kappa shape index (κ2) is 6.75. The van der Waals surface area contributed by atoms with E-state index in [1.165, 1.54) is 0 Å². The van der Waals surface area contributed by atoms with Gasteiger partial charge in [-0.15, -0.1) is 0 Å². The molecule has 2 heterocycles. The minimum absolute atomic E-state index is 0.472. The maximum absolute atomic E-state index is 5.06. The van der Waals surface area contributed by atoms with Gasteiger partial charge in [0.2, 0.25) is 5.89 Å². The number of rotatable bonds is 6. The summed E-state index contributed by atoms with van der Waals surface area (Å²) >= 11 is 1.76. The number of ether oxygens (including phenoxy) is 1. The number of aliphatic imine (C=N–C) groups is 1. The normalized spacial score (nSPS) is 21.4. The highest BCUT2D eigenvalue weighted by atomic mass is 32.2. The number of thioether (sulfide) groups is 1. The molecule has 0 aliphatic carbocycles. The SMILES string of the molecule is COCCC1CSC(=NCCc2nc(C)no2)N1. The minimum Gasteiger partial charge on any atom is -0.385 e. The number of nitrogens with zero attached hydrogens (tertiary/aromatic N) is 3. The largest absolute Gasteiger partial charge is 0.385 e. The molecule has 0 radical (unpaired) electrons. The van der Waals surface area contributed by atoms with Crippen molar-refractivity contribution in [2.75, 3.05) is 26.0 Å². The van der Waals surface area contributed by atoms with E-state index in [9.17, 15) is 0 Å². The number of methoxy groups -OCH3 is 1. The van der Waals surface area contributed by atoms with Crippen LogP contribution in [0.4, 0.5) is 0 Å². The Morgan fingerprint density at radius 3 is 3.22 bits per heavy atom. The van der Waals surface area contributed by atoms with Crippen LogP contribution in [0.1, 0.15) is 18.1 Å². The third-order valence-electron chi connectivity index (χ3n) is 2.57. The fraction of sp³-hybridized carbons (Fsp3) is 0.727. The molecule has 6 nitrogen and oxygen atoms in total. The molecule has 1 unspecified atom stereocenters. The Labute approximate surface area is 111 Å². The van der Waals surface area contributed by atoms with Crippen LogP contribution in [0.15, 0.2) is 9.52 Å². The van der Waals surface area contributed by atoms with Gasteiger partial charge in [-0.05, 0) is 13.3 Å². The lowest BCUT2D eigenvalue weighted by Crippen LogP contribution is -2.28. The molecule has 100 valence electrons. The molecule has 1 aliphatic heterocycles. The third kappa shape index (κ3) is 3.99. The lowest BCUT2D eigenvalue weighted by molar-refractivity contribution is 0.188. The van der Waals surface area contributed by atoms with Crippen molar-refractivity contribution in [1.82, 2.24) is 15.5 Å². The first kappa shape index (κ1) is 13.4. The van der Waals surface area contributed by atoms with E-state index in [0.29, 0.717) is 30.7 Å². The molecule has 0 spiro atoms. The monoisotopic (exact) mass is 270 g/mol. The summed E-state index contributed by atoms with van der Waals surface area (Å²) in [5.41, 5.74) is 0. The summed E-state index contributed by atoms with van der Waals surface area (Å²) in [4.78, 5) is 8.63. The smallest absolute Gasteiger partial charge is 0.228 e. The lowest BCUT2D eigenvalue weighted by Gasteiger charge is -2.07.